The first-order valence-electron chi connectivity index (χ1n) is 6.46. The normalized spacial score (nSPS) is 10.8. The second-order valence-corrected chi connectivity index (χ2v) is 4.69. The van der Waals surface area contributed by atoms with Crippen molar-refractivity contribution in [3.8, 4) is 17.1 Å². The zero-order chi connectivity index (χ0) is 13.1. The van der Waals surface area contributed by atoms with Gasteiger partial charge in [-0.3, -0.25) is 0 Å². The summed E-state index contributed by atoms with van der Waals surface area (Å²) in [6, 6.07) is 8.17. The van der Waals surface area contributed by atoms with Gasteiger partial charge in [-0.2, -0.15) is 5.10 Å². The van der Waals surface area contributed by atoms with Gasteiger partial charge in [-0.1, -0.05) is 37.6 Å². The molecule has 0 aliphatic rings. The Morgan fingerprint density at radius 2 is 2.00 bits per heavy atom. The lowest BCUT2D eigenvalue weighted by Crippen LogP contribution is -1.90. The monoisotopic (exact) mass is 244 g/mol. The zero-order valence-corrected chi connectivity index (χ0v) is 11.3. The molecule has 0 amide bonds. The van der Waals surface area contributed by atoms with Crippen LogP contribution in [-0.2, 0) is 13.5 Å². The van der Waals surface area contributed by atoms with E-state index in [0.29, 0.717) is 5.88 Å². The third-order valence-electron chi connectivity index (χ3n) is 3.29. The van der Waals surface area contributed by atoms with Crippen LogP contribution in [-0.4, -0.2) is 14.9 Å². The number of aromatic nitrogens is 2. The molecule has 18 heavy (non-hydrogen) atoms. The molecule has 0 radical (unpaired) electrons. The van der Waals surface area contributed by atoms with Crippen molar-refractivity contribution < 1.29 is 5.11 Å². The van der Waals surface area contributed by atoms with Crippen molar-refractivity contribution in [2.24, 2.45) is 7.05 Å². The zero-order valence-electron chi connectivity index (χ0n) is 11.3. The average molecular weight is 244 g/mol. The van der Waals surface area contributed by atoms with Crippen LogP contribution in [0.25, 0.3) is 11.3 Å². The first kappa shape index (κ1) is 12.7. The van der Waals surface area contributed by atoms with E-state index in [-0.39, 0.29) is 0 Å². The highest BCUT2D eigenvalue weighted by Crippen LogP contribution is 2.32. The van der Waals surface area contributed by atoms with Crippen molar-refractivity contribution in [2.45, 2.75) is 33.1 Å². The summed E-state index contributed by atoms with van der Waals surface area (Å²) in [4.78, 5) is 0. The van der Waals surface area contributed by atoms with Crippen LogP contribution in [0.3, 0.4) is 0 Å². The quantitative estimate of drug-likeness (QED) is 0.894. The van der Waals surface area contributed by atoms with E-state index in [2.05, 4.69) is 31.1 Å². The van der Waals surface area contributed by atoms with Crippen molar-refractivity contribution in [1.29, 1.82) is 0 Å². The third-order valence-corrected chi connectivity index (χ3v) is 3.29. The summed E-state index contributed by atoms with van der Waals surface area (Å²) in [7, 11) is 1.78. The van der Waals surface area contributed by atoms with Gasteiger partial charge in [0.05, 0.1) is 5.69 Å². The van der Waals surface area contributed by atoms with Gasteiger partial charge in [0.2, 0.25) is 5.88 Å². The number of aryl methyl sites for hydroxylation is 2. The van der Waals surface area contributed by atoms with Crippen molar-refractivity contribution >= 4 is 0 Å². The molecule has 2 rings (SSSR count). The van der Waals surface area contributed by atoms with E-state index in [1.54, 1.807) is 11.7 Å². The molecule has 1 heterocycles. The number of hydrogen-bond acceptors (Lipinski definition) is 2. The third kappa shape index (κ3) is 2.26. The van der Waals surface area contributed by atoms with Crippen LogP contribution in [0, 0.1) is 6.92 Å². The maximum absolute atomic E-state index is 10.1. The van der Waals surface area contributed by atoms with Crippen LogP contribution in [0.1, 0.15) is 30.9 Å². The fraction of sp³-hybridized carbons (Fsp3) is 0.400. The maximum atomic E-state index is 10.1. The van der Waals surface area contributed by atoms with Gasteiger partial charge in [0.25, 0.3) is 0 Å². The largest absolute Gasteiger partial charge is 0.493 e. The minimum atomic E-state index is 0.293. The van der Waals surface area contributed by atoms with E-state index >= 15 is 0 Å². The molecule has 0 bridgehead atoms. The maximum Gasteiger partial charge on any atom is 0.212 e. The number of benzene rings is 1. The van der Waals surface area contributed by atoms with E-state index in [4.69, 9.17) is 0 Å². The Hall–Kier alpha value is -1.77. The second kappa shape index (κ2) is 5.25. The van der Waals surface area contributed by atoms with Crippen molar-refractivity contribution in [1.82, 2.24) is 9.78 Å². The highest BCUT2D eigenvalue weighted by Gasteiger charge is 2.17. The molecule has 1 N–H and O–H groups in total. The molecule has 2 aromatic rings. The van der Waals surface area contributed by atoms with Gasteiger partial charge >= 0.3 is 0 Å². The Balaban J connectivity index is 2.50. The molecule has 0 saturated heterocycles. The minimum Gasteiger partial charge on any atom is -0.493 e. The highest BCUT2D eigenvalue weighted by atomic mass is 16.3. The molecular formula is C15H20N2O. The van der Waals surface area contributed by atoms with Crippen LogP contribution < -0.4 is 0 Å². The number of nitrogens with zero attached hydrogens (tertiary/aromatic N) is 2. The molecule has 3 heteroatoms. The Kier molecular flexibility index (Phi) is 3.70. The molecule has 0 spiro atoms. The lowest BCUT2D eigenvalue weighted by atomic mass is 10.00. The van der Waals surface area contributed by atoms with Gasteiger partial charge in [0, 0.05) is 18.2 Å². The predicted molar refractivity (Wildman–Crippen MR) is 73.7 cm³/mol. The summed E-state index contributed by atoms with van der Waals surface area (Å²) in [5.41, 5.74) is 4.18. The molecule has 96 valence electrons. The molecule has 0 fully saturated rings. The van der Waals surface area contributed by atoms with Gasteiger partial charge in [-0.25, -0.2) is 4.68 Å². The van der Waals surface area contributed by atoms with Gasteiger partial charge in [-0.15, -0.1) is 0 Å². The van der Waals surface area contributed by atoms with E-state index in [1.807, 2.05) is 12.1 Å². The Morgan fingerprint density at radius 1 is 1.28 bits per heavy atom. The van der Waals surface area contributed by atoms with Crippen molar-refractivity contribution in [2.75, 3.05) is 0 Å². The molecule has 0 saturated carbocycles. The van der Waals surface area contributed by atoms with Gasteiger partial charge in [0.15, 0.2) is 0 Å². The smallest absolute Gasteiger partial charge is 0.212 e. The Labute approximate surface area is 108 Å². The number of hydrogen-bond donors (Lipinski definition) is 1. The average Bonchev–Trinajstić information content (AvgIpc) is 2.64. The topological polar surface area (TPSA) is 38.0 Å². The van der Waals surface area contributed by atoms with Gasteiger partial charge in [-0.05, 0) is 25.3 Å². The summed E-state index contributed by atoms with van der Waals surface area (Å²) < 4.78 is 1.56. The first-order valence-corrected chi connectivity index (χ1v) is 6.46. The van der Waals surface area contributed by atoms with E-state index in [1.165, 1.54) is 5.56 Å². The van der Waals surface area contributed by atoms with Crippen molar-refractivity contribution in [3.05, 3.63) is 35.4 Å². The molecule has 0 unspecified atom stereocenters. The van der Waals surface area contributed by atoms with Crippen LogP contribution in [0.15, 0.2) is 24.3 Å². The number of rotatable bonds is 4. The van der Waals surface area contributed by atoms with Gasteiger partial charge < -0.3 is 5.11 Å². The molecule has 3 nitrogen and oxygen atoms in total. The molecule has 1 aromatic carbocycles. The molecule has 1 aromatic heterocycles. The van der Waals surface area contributed by atoms with E-state index in [0.717, 1.165) is 36.1 Å². The number of unbranched alkanes of at least 4 members (excludes halogenated alkanes) is 1. The lowest BCUT2D eigenvalue weighted by molar-refractivity contribution is 0.413. The summed E-state index contributed by atoms with van der Waals surface area (Å²) in [5.74, 6) is 0.293. The Bertz CT molecular complexity index is 543. The van der Waals surface area contributed by atoms with Crippen LogP contribution in [0.5, 0.6) is 5.88 Å². The van der Waals surface area contributed by atoms with Crippen molar-refractivity contribution in [3.63, 3.8) is 0 Å². The fourth-order valence-corrected chi connectivity index (χ4v) is 2.20. The molecule has 0 atom stereocenters. The first-order chi connectivity index (χ1) is 8.65. The fourth-order valence-electron chi connectivity index (χ4n) is 2.20. The molecular weight excluding hydrogens is 224 g/mol. The standard InChI is InChI=1S/C15H20N2O/c1-4-5-9-13-14(16-17(3)15(13)18)12-10-7-6-8-11(12)2/h6-8,10,18H,4-5,9H2,1-3H3. The molecule has 0 aliphatic heterocycles. The SMILES string of the molecule is CCCCc1c(-c2ccccc2C)nn(C)c1O. The summed E-state index contributed by atoms with van der Waals surface area (Å²) in [6.45, 7) is 4.23. The van der Waals surface area contributed by atoms with E-state index in [9.17, 15) is 5.11 Å². The highest BCUT2D eigenvalue weighted by molar-refractivity contribution is 5.68. The lowest BCUT2D eigenvalue weighted by Gasteiger charge is -2.05. The molecule has 0 aliphatic carbocycles. The Morgan fingerprint density at radius 3 is 2.67 bits per heavy atom. The van der Waals surface area contributed by atoms with Gasteiger partial charge in [0.1, 0.15) is 0 Å². The van der Waals surface area contributed by atoms with Crippen LogP contribution in [0.4, 0.5) is 0 Å². The van der Waals surface area contributed by atoms with Crippen LogP contribution in [0.2, 0.25) is 0 Å². The number of aromatic hydroxyl groups is 1. The summed E-state index contributed by atoms with van der Waals surface area (Å²) >= 11 is 0. The second-order valence-electron chi connectivity index (χ2n) is 4.69. The minimum absolute atomic E-state index is 0.293. The summed E-state index contributed by atoms with van der Waals surface area (Å²) in [5, 5.41) is 14.6. The predicted octanol–water partition coefficient (Wildman–Crippen LogP) is 3.44. The van der Waals surface area contributed by atoms with Crippen LogP contribution >= 0.6 is 0 Å². The van der Waals surface area contributed by atoms with E-state index < -0.39 is 0 Å². The summed E-state index contributed by atoms with van der Waals surface area (Å²) in [6.07, 6.45) is 3.06.